The molecule has 0 aromatic heterocycles. The molecular weight excluding hydrogens is 348 g/mol. The van der Waals surface area contributed by atoms with Crippen molar-refractivity contribution in [3.05, 3.63) is 71.8 Å². The number of amides is 1. The van der Waals surface area contributed by atoms with Gasteiger partial charge in [0.15, 0.2) is 6.61 Å². The smallest absolute Gasteiger partial charge is 0.262 e. The number of hydrogen-bond acceptors (Lipinski definition) is 3. The molecule has 4 heteroatoms. The second kappa shape index (κ2) is 9.38. The highest BCUT2D eigenvalue weighted by molar-refractivity contribution is 5.92. The minimum atomic E-state index is -0.169. The van der Waals surface area contributed by atoms with E-state index >= 15 is 0 Å². The molecule has 0 spiro atoms. The van der Waals surface area contributed by atoms with Crippen LogP contribution in [0, 0.1) is 6.92 Å². The quantitative estimate of drug-likeness (QED) is 0.578. The first-order valence-corrected chi connectivity index (χ1v) is 9.80. The summed E-state index contributed by atoms with van der Waals surface area (Å²) in [6, 6.07) is 20.4. The highest BCUT2D eigenvalue weighted by Gasteiger charge is 2.12. The lowest BCUT2D eigenvalue weighted by Gasteiger charge is -2.17. The molecule has 3 aromatic carbocycles. The van der Waals surface area contributed by atoms with E-state index in [9.17, 15) is 4.79 Å². The Labute approximate surface area is 166 Å². The van der Waals surface area contributed by atoms with Gasteiger partial charge in [0.1, 0.15) is 5.75 Å². The molecular formula is C24H28N2O2. The summed E-state index contributed by atoms with van der Waals surface area (Å²) in [5.74, 6) is 0.575. The molecule has 3 aromatic rings. The predicted octanol–water partition coefficient (Wildman–Crippen LogP) is 5.05. The highest BCUT2D eigenvalue weighted by atomic mass is 16.5. The Balaban J connectivity index is 1.73. The van der Waals surface area contributed by atoms with Crippen molar-refractivity contribution < 1.29 is 9.53 Å². The molecule has 0 fully saturated rings. The number of carbonyl (C=O) groups is 1. The number of ether oxygens (including phenoxy) is 1. The maximum atomic E-state index is 12.3. The second-order valence-corrected chi connectivity index (χ2v) is 7.16. The lowest BCUT2D eigenvalue weighted by Crippen LogP contribution is -2.25. The average Bonchev–Trinajstić information content (AvgIpc) is 2.72. The summed E-state index contributed by atoms with van der Waals surface area (Å²) >= 11 is 0. The van der Waals surface area contributed by atoms with Gasteiger partial charge in [0.05, 0.1) is 0 Å². The first kappa shape index (κ1) is 19.9. The SMILES string of the molecule is CC[C@@H](C)NCc1c(OCC(=O)Nc2ccc(C)cc2)ccc2ccccc12. The van der Waals surface area contributed by atoms with E-state index in [4.69, 9.17) is 4.74 Å². The average molecular weight is 377 g/mol. The van der Waals surface area contributed by atoms with E-state index in [1.807, 2.05) is 55.5 Å². The Bertz CT molecular complexity index is 935. The Morgan fingerprint density at radius 1 is 1.04 bits per heavy atom. The van der Waals surface area contributed by atoms with Crippen LogP contribution in [0.2, 0.25) is 0 Å². The van der Waals surface area contributed by atoms with Crippen molar-refractivity contribution in [2.75, 3.05) is 11.9 Å². The van der Waals surface area contributed by atoms with Gasteiger partial charge in [0.25, 0.3) is 5.91 Å². The van der Waals surface area contributed by atoms with Crippen LogP contribution in [0.15, 0.2) is 60.7 Å². The van der Waals surface area contributed by atoms with Crippen molar-refractivity contribution >= 4 is 22.4 Å². The first-order valence-electron chi connectivity index (χ1n) is 9.80. The van der Waals surface area contributed by atoms with Crippen molar-refractivity contribution in [2.45, 2.75) is 39.8 Å². The zero-order chi connectivity index (χ0) is 19.9. The molecule has 0 unspecified atom stereocenters. The molecule has 0 radical (unpaired) electrons. The van der Waals surface area contributed by atoms with Crippen LogP contribution in [-0.2, 0) is 11.3 Å². The summed E-state index contributed by atoms with van der Waals surface area (Å²) in [6.45, 7) is 7.02. The monoisotopic (exact) mass is 376 g/mol. The number of anilines is 1. The summed E-state index contributed by atoms with van der Waals surface area (Å²) in [6.07, 6.45) is 1.06. The number of hydrogen-bond donors (Lipinski definition) is 2. The van der Waals surface area contributed by atoms with Gasteiger partial charge in [-0.25, -0.2) is 0 Å². The van der Waals surface area contributed by atoms with Gasteiger partial charge < -0.3 is 15.4 Å². The fourth-order valence-corrected chi connectivity index (χ4v) is 3.03. The number of rotatable bonds is 8. The fraction of sp³-hybridized carbons (Fsp3) is 0.292. The summed E-state index contributed by atoms with van der Waals surface area (Å²) in [5.41, 5.74) is 3.02. The molecule has 0 aliphatic rings. The molecule has 28 heavy (non-hydrogen) atoms. The van der Waals surface area contributed by atoms with Crippen molar-refractivity contribution in [1.29, 1.82) is 0 Å². The van der Waals surface area contributed by atoms with Gasteiger partial charge in [-0.05, 0) is 49.2 Å². The third kappa shape index (κ3) is 5.11. The molecule has 0 heterocycles. The Hall–Kier alpha value is -2.85. The van der Waals surface area contributed by atoms with Crippen molar-refractivity contribution in [2.24, 2.45) is 0 Å². The third-order valence-corrected chi connectivity index (χ3v) is 4.93. The Kier molecular flexibility index (Phi) is 6.66. The number of nitrogens with one attached hydrogen (secondary N) is 2. The lowest BCUT2D eigenvalue weighted by atomic mass is 10.0. The van der Waals surface area contributed by atoms with Crippen LogP contribution in [0.5, 0.6) is 5.75 Å². The van der Waals surface area contributed by atoms with Crippen LogP contribution in [0.4, 0.5) is 5.69 Å². The van der Waals surface area contributed by atoms with E-state index < -0.39 is 0 Å². The molecule has 0 bridgehead atoms. The van der Waals surface area contributed by atoms with Crippen molar-refractivity contribution in [3.8, 4) is 5.75 Å². The largest absolute Gasteiger partial charge is 0.483 e. The minimum Gasteiger partial charge on any atom is -0.483 e. The third-order valence-electron chi connectivity index (χ3n) is 4.93. The zero-order valence-electron chi connectivity index (χ0n) is 16.8. The standard InChI is InChI=1S/C24H28N2O2/c1-4-18(3)25-15-22-21-8-6-5-7-19(21)11-14-23(22)28-16-24(27)26-20-12-9-17(2)10-13-20/h5-14,18,25H,4,15-16H2,1-3H3,(H,26,27)/t18-/m1/s1. The van der Waals surface area contributed by atoms with Crippen LogP contribution in [0.3, 0.4) is 0 Å². The molecule has 3 rings (SSSR count). The maximum absolute atomic E-state index is 12.3. The summed E-state index contributed by atoms with van der Waals surface area (Å²) in [7, 11) is 0. The Morgan fingerprint density at radius 3 is 2.54 bits per heavy atom. The molecule has 2 N–H and O–H groups in total. The van der Waals surface area contributed by atoms with Crippen molar-refractivity contribution in [3.63, 3.8) is 0 Å². The Morgan fingerprint density at radius 2 is 1.79 bits per heavy atom. The van der Waals surface area contributed by atoms with Crippen LogP contribution in [-0.4, -0.2) is 18.6 Å². The number of carbonyl (C=O) groups excluding carboxylic acids is 1. The molecule has 146 valence electrons. The predicted molar refractivity (Wildman–Crippen MR) is 116 cm³/mol. The van der Waals surface area contributed by atoms with Crippen molar-refractivity contribution in [1.82, 2.24) is 5.32 Å². The first-order chi connectivity index (χ1) is 13.6. The molecule has 0 saturated carbocycles. The fourth-order valence-electron chi connectivity index (χ4n) is 3.03. The van der Waals surface area contributed by atoms with E-state index in [2.05, 4.69) is 36.6 Å². The van der Waals surface area contributed by atoms with Crippen LogP contribution in [0.1, 0.15) is 31.4 Å². The van der Waals surface area contributed by atoms with E-state index in [0.717, 1.165) is 34.4 Å². The number of aryl methyl sites for hydroxylation is 1. The topological polar surface area (TPSA) is 50.4 Å². The zero-order valence-corrected chi connectivity index (χ0v) is 16.8. The number of fused-ring (bicyclic) bond motifs is 1. The van der Waals surface area contributed by atoms with Gasteiger partial charge >= 0.3 is 0 Å². The van der Waals surface area contributed by atoms with Crippen LogP contribution < -0.4 is 15.4 Å². The lowest BCUT2D eigenvalue weighted by molar-refractivity contribution is -0.118. The second-order valence-electron chi connectivity index (χ2n) is 7.16. The van der Waals surface area contributed by atoms with Gasteiger partial charge in [-0.1, -0.05) is 55.0 Å². The van der Waals surface area contributed by atoms with E-state index in [1.165, 1.54) is 5.39 Å². The molecule has 0 saturated heterocycles. The molecule has 0 aliphatic carbocycles. The van der Waals surface area contributed by atoms with Gasteiger partial charge in [0, 0.05) is 23.8 Å². The molecule has 4 nitrogen and oxygen atoms in total. The molecule has 0 aliphatic heterocycles. The van der Waals surface area contributed by atoms with E-state index in [-0.39, 0.29) is 12.5 Å². The van der Waals surface area contributed by atoms with Crippen LogP contribution in [0.25, 0.3) is 10.8 Å². The van der Waals surface area contributed by atoms with Gasteiger partial charge in [-0.2, -0.15) is 0 Å². The molecule has 1 atom stereocenters. The van der Waals surface area contributed by atoms with Gasteiger partial charge in [0.2, 0.25) is 0 Å². The highest BCUT2D eigenvalue weighted by Crippen LogP contribution is 2.28. The normalized spacial score (nSPS) is 12.0. The number of benzene rings is 3. The van der Waals surface area contributed by atoms with E-state index in [0.29, 0.717) is 12.6 Å². The van der Waals surface area contributed by atoms with E-state index in [1.54, 1.807) is 0 Å². The summed E-state index contributed by atoms with van der Waals surface area (Å²) in [5, 5.41) is 8.72. The molecule has 1 amide bonds. The minimum absolute atomic E-state index is 0.0252. The summed E-state index contributed by atoms with van der Waals surface area (Å²) < 4.78 is 5.92. The maximum Gasteiger partial charge on any atom is 0.262 e. The van der Waals surface area contributed by atoms with Gasteiger partial charge in [-0.15, -0.1) is 0 Å². The van der Waals surface area contributed by atoms with Crippen LogP contribution >= 0.6 is 0 Å². The van der Waals surface area contributed by atoms with Gasteiger partial charge in [-0.3, -0.25) is 4.79 Å². The summed E-state index contributed by atoms with van der Waals surface area (Å²) in [4.78, 5) is 12.3.